The molecule has 1 heterocycles. The number of rotatable bonds is 9. The monoisotopic (exact) mass is 361 g/mol. The number of benzene rings is 1. The minimum atomic E-state index is -0.0546. The van der Waals surface area contributed by atoms with Crippen LogP contribution < -0.4 is 20.7 Å². The largest absolute Gasteiger partial charge is 0.494 e. The van der Waals surface area contributed by atoms with Gasteiger partial charge < -0.3 is 20.7 Å². The SMILES string of the molecule is CCOc1ccc(C(C)NC(=O)CCCNC(=O)C2CCCNC2)cc1. The van der Waals surface area contributed by atoms with Crippen molar-refractivity contribution < 1.29 is 14.3 Å². The van der Waals surface area contributed by atoms with E-state index in [0.717, 1.165) is 37.2 Å². The summed E-state index contributed by atoms with van der Waals surface area (Å²) in [5.74, 6) is 0.997. The summed E-state index contributed by atoms with van der Waals surface area (Å²) in [5, 5.41) is 9.17. The van der Waals surface area contributed by atoms with Gasteiger partial charge in [-0.2, -0.15) is 0 Å². The van der Waals surface area contributed by atoms with E-state index in [2.05, 4.69) is 16.0 Å². The van der Waals surface area contributed by atoms with Crippen molar-refractivity contribution in [2.75, 3.05) is 26.2 Å². The molecule has 144 valence electrons. The molecule has 6 nitrogen and oxygen atoms in total. The molecule has 0 aliphatic carbocycles. The molecule has 2 amide bonds. The summed E-state index contributed by atoms with van der Waals surface area (Å²) in [4.78, 5) is 24.1. The summed E-state index contributed by atoms with van der Waals surface area (Å²) < 4.78 is 5.42. The lowest BCUT2D eigenvalue weighted by atomic mass is 9.99. The van der Waals surface area contributed by atoms with Crippen LogP contribution >= 0.6 is 0 Å². The fourth-order valence-corrected chi connectivity index (χ4v) is 3.10. The van der Waals surface area contributed by atoms with E-state index in [1.807, 2.05) is 38.1 Å². The molecule has 0 aromatic heterocycles. The summed E-state index contributed by atoms with van der Waals surface area (Å²) >= 11 is 0. The van der Waals surface area contributed by atoms with Crippen LogP contribution in [0.15, 0.2) is 24.3 Å². The second kappa shape index (κ2) is 10.8. The fraction of sp³-hybridized carbons (Fsp3) is 0.600. The number of hydrogen-bond acceptors (Lipinski definition) is 4. The van der Waals surface area contributed by atoms with Gasteiger partial charge in [-0.25, -0.2) is 0 Å². The van der Waals surface area contributed by atoms with Crippen molar-refractivity contribution in [2.24, 2.45) is 5.92 Å². The molecule has 6 heteroatoms. The molecule has 0 radical (unpaired) electrons. The van der Waals surface area contributed by atoms with Crippen LogP contribution in [-0.4, -0.2) is 38.1 Å². The minimum Gasteiger partial charge on any atom is -0.494 e. The molecular formula is C20H31N3O3. The second-order valence-electron chi connectivity index (χ2n) is 6.73. The maximum atomic E-state index is 12.1. The quantitative estimate of drug-likeness (QED) is 0.589. The van der Waals surface area contributed by atoms with E-state index in [-0.39, 0.29) is 23.8 Å². The number of nitrogens with one attached hydrogen (secondary N) is 3. The summed E-state index contributed by atoms with van der Waals surface area (Å²) in [6.07, 6.45) is 3.04. The molecular weight excluding hydrogens is 330 g/mol. The Labute approximate surface area is 156 Å². The Hall–Kier alpha value is -2.08. The zero-order chi connectivity index (χ0) is 18.8. The normalized spacial score (nSPS) is 18.0. The van der Waals surface area contributed by atoms with E-state index in [1.165, 1.54) is 0 Å². The lowest BCUT2D eigenvalue weighted by Gasteiger charge is -2.21. The first-order chi connectivity index (χ1) is 12.6. The summed E-state index contributed by atoms with van der Waals surface area (Å²) in [6.45, 7) is 6.85. The van der Waals surface area contributed by atoms with Gasteiger partial charge in [-0.15, -0.1) is 0 Å². The first-order valence-corrected chi connectivity index (χ1v) is 9.60. The molecule has 3 N–H and O–H groups in total. The lowest BCUT2D eigenvalue weighted by molar-refractivity contribution is -0.126. The van der Waals surface area contributed by atoms with E-state index in [0.29, 0.717) is 26.0 Å². The number of ether oxygens (including phenoxy) is 1. The third-order valence-electron chi connectivity index (χ3n) is 4.62. The molecule has 1 saturated heterocycles. The average Bonchev–Trinajstić information content (AvgIpc) is 2.66. The van der Waals surface area contributed by atoms with Gasteiger partial charge in [-0.05, 0) is 57.4 Å². The van der Waals surface area contributed by atoms with Gasteiger partial charge in [0.05, 0.1) is 18.6 Å². The molecule has 1 fully saturated rings. The number of carbonyl (C=O) groups is 2. The highest BCUT2D eigenvalue weighted by atomic mass is 16.5. The second-order valence-corrected chi connectivity index (χ2v) is 6.73. The first-order valence-electron chi connectivity index (χ1n) is 9.60. The Kier molecular flexibility index (Phi) is 8.41. The third-order valence-corrected chi connectivity index (χ3v) is 4.62. The van der Waals surface area contributed by atoms with Crippen molar-refractivity contribution in [2.45, 2.75) is 45.6 Å². The van der Waals surface area contributed by atoms with Gasteiger partial charge >= 0.3 is 0 Å². The Morgan fingerprint density at radius 3 is 2.73 bits per heavy atom. The van der Waals surface area contributed by atoms with Gasteiger partial charge in [0.1, 0.15) is 5.75 Å². The molecule has 0 spiro atoms. The standard InChI is InChI=1S/C20H31N3O3/c1-3-26-18-10-8-16(9-11-18)15(2)23-19(24)7-5-13-22-20(25)17-6-4-12-21-14-17/h8-11,15,17,21H,3-7,12-14H2,1-2H3,(H,22,25)(H,23,24). The summed E-state index contributed by atoms with van der Waals surface area (Å²) in [5.41, 5.74) is 1.04. The first kappa shape index (κ1) is 20.2. The zero-order valence-electron chi connectivity index (χ0n) is 15.8. The molecule has 0 saturated carbocycles. The van der Waals surface area contributed by atoms with E-state index < -0.39 is 0 Å². The van der Waals surface area contributed by atoms with Crippen molar-refractivity contribution in [1.82, 2.24) is 16.0 Å². The molecule has 0 bridgehead atoms. The summed E-state index contributed by atoms with van der Waals surface area (Å²) in [7, 11) is 0. The van der Waals surface area contributed by atoms with E-state index in [1.54, 1.807) is 0 Å². The molecule has 2 unspecified atom stereocenters. The van der Waals surface area contributed by atoms with Crippen LogP contribution in [0.5, 0.6) is 5.75 Å². The number of hydrogen-bond donors (Lipinski definition) is 3. The van der Waals surface area contributed by atoms with Gasteiger partial charge in [0, 0.05) is 19.5 Å². The molecule has 1 aromatic carbocycles. The molecule has 2 atom stereocenters. The predicted molar refractivity (Wildman–Crippen MR) is 102 cm³/mol. The van der Waals surface area contributed by atoms with E-state index in [9.17, 15) is 9.59 Å². The van der Waals surface area contributed by atoms with Gasteiger partial charge in [0.25, 0.3) is 0 Å². The Balaban J connectivity index is 1.63. The van der Waals surface area contributed by atoms with E-state index >= 15 is 0 Å². The van der Waals surface area contributed by atoms with Crippen LogP contribution in [0, 0.1) is 5.92 Å². The van der Waals surface area contributed by atoms with Crippen LogP contribution in [0.3, 0.4) is 0 Å². The van der Waals surface area contributed by atoms with Crippen molar-refractivity contribution in [3.63, 3.8) is 0 Å². The Bertz CT molecular complexity index is 568. The van der Waals surface area contributed by atoms with Crippen LogP contribution in [-0.2, 0) is 9.59 Å². The minimum absolute atomic E-state index is 0.0000308. The molecule has 1 aromatic rings. The highest BCUT2D eigenvalue weighted by molar-refractivity contribution is 5.79. The maximum absolute atomic E-state index is 12.1. The van der Waals surface area contributed by atoms with Crippen molar-refractivity contribution in [1.29, 1.82) is 0 Å². The van der Waals surface area contributed by atoms with Gasteiger partial charge in [-0.1, -0.05) is 12.1 Å². The van der Waals surface area contributed by atoms with Crippen LogP contribution in [0.25, 0.3) is 0 Å². The van der Waals surface area contributed by atoms with Crippen molar-refractivity contribution in [3.8, 4) is 5.75 Å². The van der Waals surface area contributed by atoms with Crippen LogP contribution in [0.2, 0.25) is 0 Å². The number of amides is 2. The Morgan fingerprint density at radius 2 is 2.08 bits per heavy atom. The highest BCUT2D eigenvalue weighted by Crippen LogP contribution is 2.17. The van der Waals surface area contributed by atoms with Crippen molar-refractivity contribution >= 4 is 11.8 Å². The molecule has 1 aliphatic heterocycles. The maximum Gasteiger partial charge on any atom is 0.224 e. The molecule has 1 aliphatic rings. The van der Waals surface area contributed by atoms with Gasteiger partial charge in [0.2, 0.25) is 11.8 Å². The topological polar surface area (TPSA) is 79.5 Å². The van der Waals surface area contributed by atoms with Crippen LogP contribution in [0.4, 0.5) is 0 Å². The molecule has 26 heavy (non-hydrogen) atoms. The summed E-state index contributed by atoms with van der Waals surface area (Å²) in [6, 6.07) is 7.71. The van der Waals surface area contributed by atoms with E-state index in [4.69, 9.17) is 4.74 Å². The average molecular weight is 361 g/mol. The van der Waals surface area contributed by atoms with Gasteiger partial charge in [-0.3, -0.25) is 9.59 Å². The third kappa shape index (κ3) is 6.67. The zero-order valence-corrected chi connectivity index (χ0v) is 15.8. The highest BCUT2D eigenvalue weighted by Gasteiger charge is 2.20. The van der Waals surface area contributed by atoms with Crippen molar-refractivity contribution in [3.05, 3.63) is 29.8 Å². The predicted octanol–water partition coefficient (Wildman–Crippen LogP) is 2.16. The van der Waals surface area contributed by atoms with Gasteiger partial charge in [0.15, 0.2) is 0 Å². The lowest BCUT2D eigenvalue weighted by Crippen LogP contribution is -2.41. The Morgan fingerprint density at radius 1 is 1.31 bits per heavy atom. The molecule has 2 rings (SSSR count). The smallest absolute Gasteiger partial charge is 0.224 e. The fourth-order valence-electron chi connectivity index (χ4n) is 3.10. The number of piperidine rings is 1. The number of carbonyl (C=O) groups excluding carboxylic acids is 2. The van der Waals surface area contributed by atoms with Crippen LogP contribution in [0.1, 0.15) is 51.1 Å².